The minimum Gasteiger partial charge on any atom is -0.429 e. The van der Waals surface area contributed by atoms with Crippen LogP contribution in [0.25, 0.3) is 0 Å². The normalized spacial score (nSPS) is 8.69. The molecule has 1 aromatic rings. The van der Waals surface area contributed by atoms with E-state index in [2.05, 4.69) is 15.7 Å². The Hall–Kier alpha value is -1.84. The van der Waals surface area contributed by atoms with Gasteiger partial charge in [0.25, 0.3) is 6.47 Å². The molecule has 0 aromatic heterocycles. The standard InChI is InChI=1S/C7H6O2.C2H6N2/c8-6-9-7-4-2-1-3-5-7;1-2-4-3/h1-6H;2H,3H2,1H3. The minimum atomic E-state index is 0.412. The van der Waals surface area contributed by atoms with Crippen molar-refractivity contribution < 1.29 is 9.53 Å². The van der Waals surface area contributed by atoms with Crippen LogP contribution in [0, 0.1) is 0 Å². The Morgan fingerprint density at radius 1 is 1.38 bits per heavy atom. The lowest BCUT2D eigenvalue weighted by Gasteiger charge is -1.92. The Kier molecular flexibility index (Phi) is 7.09. The summed E-state index contributed by atoms with van der Waals surface area (Å²) >= 11 is 0. The molecule has 0 heterocycles. The van der Waals surface area contributed by atoms with E-state index in [0.29, 0.717) is 12.2 Å². The van der Waals surface area contributed by atoms with E-state index in [-0.39, 0.29) is 0 Å². The van der Waals surface area contributed by atoms with Crippen LogP contribution in [0.2, 0.25) is 0 Å². The molecule has 4 heteroatoms. The quantitative estimate of drug-likeness (QED) is 0.321. The van der Waals surface area contributed by atoms with Gasteiger partial charge >= 0.3 is 0 Å². The van der Waals surface area contributed by atoms with Gasteiger partial charge < -0.3 is 10.6 Å². The summed E-state index contributed by atoms with van der Waals surface area (Å²) in [4.78, 5) is 9.75. The topological polar surface area (TPSA) is 64.7 Å². The first-order valence-corrected chi connectivity index (χ1v) is 3.68. The number of rotatable bonds is 2. The van der Waals surface area contributed by atoms with Gasteiger partial charge in [0, 0.05) is 6.21 Å². The van der Waals surface area contributed by atoms with E-state index in [1.165, 1.54) is 6.21 Å². The lowest BCUT2D eigenvalue weighted by molar-refractivity contribution is -0.120. The van der Waals surface area contributed by atoms with Crippen LogP contribution in [-0.2, 0) is 4.79 Å². The molecule has 70 valence electrons. The number of nitrogens with two attached hydrogens (primary N) is 1. The summed E-state index contributed by atoms with van der Waals surface area (Å²) in [6.45, 7) is 2.18. The van der Waals surface area contributed by atoms with Gasteiger partial charge in [0.2, 0.25) is 0 Å². The Morgan fingerprint density at radius 3 is 2.31 bits per heavy atom. The SMILES string of the molecule is CC=NN.O=COc1ccccc1. The molecule has 1 aromatic carbocycles. The largest absolute Gasteiger partial charge is 0.429 e. The Labute approximate surface area is 77.0 Å². The summed E-state index contributed by atoms with van der Waals surface area (Å²) in [5.41, 5.74) is 0. The van der Waals surface area contributed by atoms with E-state index >= 15 is 0 Å². The Morgan fingerprint density at radius 2 is 1.92 bits per heavy atom. The first-order chi connectivity index (χ1) is 6.35. The number of nitrogens with zero attached hydrogens (tertiary/aromatic N) is 1. The molecule has 2 N–H and O–H groups in total. The predicted octanol–water partition coefficient (Wildman–Crippen LogP) is 1.17. The van der Waals surface area contributed by atoms with Gasteiger partial charge in [-0.3, -0.25) is 4.79 Å². The first-order valence-electron chi connectivity index (χ1n) is 3.68. The van der Waals surface area contributed by atoms with Crippen LogP contribution in [0.3, 0.4) is 0 Å². The van der Waals surface area contributed by atoms with Gasteiger partial charge in [-0.2, -0.15) is 5.10 Å². The summed E-state index contributed by atoms with van der Waals surface area (Å²) in [5, 5.41) is 3.11. The molecule has 0 bridgehead atoms. The highest BCUT2D eigenvalue weighted by Gasteiger charge is 1.84. The number of hydrogen-bond acceptors (Lipinski definition) is 4. The van der Waals surface area contributed by atoms with Gasteiger partial charge in [0.15, 0.2) is 0 Å². The molecule has 0 aliphatic heterocycles. The zero-order valence-electron chi connectivity index (χ0n) is 7.38. The molecule has 0 saturated heterocycles. The maximum absolute atomic E-state index is 9.75. The number of carbonyl (C=O) groups excluding carboxylic acids is 1. The van der Waals surface area contributed by atoms with E-state index in [4.69, 9.17) is 0 Å². The molecular formula is C9H12N2O2. The number of ether oxygens (including phenoxy) is 1. The van der Waals surface area contributed by atoms with Crippen molar-refractivity contribution in [3.8, 4) is 5.75 Å². The highest BCUT2D eigenvalue weighted by Crippen LogP contribution is 2.05. The van der Waals surface area contributed by atoms with Crippen molar-refractivity contribution in [1.29, 1.82) is 0 Å². The van der Waals surface area contributed by atoms with Gasteiger partial charge in [0.05, 0.1) is 0 Å². The van der Waals surface area contributed by atoms with Crippen LogP contribution in [0.4, 0.5) is 0 Å². The smallest absolute Gasteiger partial charge is 0.298 e. The van der Waals surface area contributed by atoms with Gasteiger partial charge in [-0.05, 0) is 19.1 Å². The fourth-order valence-corrected chi connectivity index (χ4v) is 0.555. The van der Waals surface area contributed by atoms with Crippen LogP contribution >= 0.6 is 0 Å². The van der Waals surface area contributed by atoms with E-state index in [1.54, 1.807) is 31.2 Å². The summed E-state index contributed by atoms with van der Waals surface area (Å²) in [7, 11) is 0. The molecule has 0 unspecified atom stereocenters. The fraction of sp³-hybridized carbons (Fsp3) is 0.111. The van der Waals surface area contributed by atoms with Crippen LogP contribution in [0.1, 0.15) is 6.92 Å². The summed E-state index contributed by atoms with van der Waals surface area (Å²) < 4.78 is 4.53. The molecule has 0 amide bonds. The molecule has 0 saturated carbocycles. The van der Waals surface area contributed by atoms with Crippen LogP contribution in [0.5, 0.6) is 5.75 Å². The second kappa shape index (κ2) is 8.26. The van der Waals surface area contributed by atoms with Gasteiger partial charge in [-0.15, -0.1) is 0 Å². The second-order valence-corrected chi connectivity index (χ2v) is 1.93. The number of carbonyl (C=O) groups is 1. The van der Waals surface area contributed by atoms with E-state index in [1.807, 2.05) is 6.07 Å². The average molecular weight is 180 g/mol. The maximum Gasteiger partial charge on any atom is 0.298 e. The summed E-state index contributed by atoms with van der Waals surface area (Å²) in [5.74, 6) is 5.17. The first kappa shape index (κ1) is 11.2. The Bertz CT molecular complexity index is 243. The van der Waals surface area contributed by atoms with E-state index < -0.39 is 0 Å². The summed E-state index contributed by atoms with van der Waals surface area (Å²) in [6.07, 6.45) is 1.53. The van der Waals surface area contributed by atoms with Crippen LogP contribution in [-0.4, -0.2) is 12.7 Å². The highest BCUT2D eigenvalue weighted by molar-refractivity contribution is 5.52. The third kappa shape index (κ3) is 6.55. The zero-order chi connectivity index (χ0) is 9.94. The number of para-hydroxylation sites is 1. The molecule has 0 spiro atoms. The molecule has 0 aliphatic carbocycles. The van der Waals surface area contributed by atoms with Crippen molar-refractivity contribution in [2.45, 2.75) is 6.92 Å². The minimum absolute atomic E-state index is 0.412. The molecule has 13 heavy (non-hydrogen) atoms. The molecule has 0 radical (unpaired) electrons. The van der Waals surface area contributed by atoms with Crippen molar-refractivity contribution >= 4 is 12.7 Å². The van der Waals surface area contributed by atoms with Crippen LogP contribution in [0.15, 0.2) is 35.4 Å². The van der Waals surface area contributed by atoms with Crippen molar-refractivity contribution in [1.82, 2.24) is 0 Å². The van der Waals surface area contributed by atoms with Crippen molar-refractivity contribution in [3.05, 3.63) is 30.3 Å². The predicted molar refractivity (Wildman–Crippen MR) is 51.5 cm³/mol. The van der Waals surface area contributed by atoms with E-state index in [9.17, 15) is 4.79 Å². The fourth-order valence-electron chi connectivity index (χ4n) is 0.555. The van der Waals surface area contributed by atoms with Crippen molar-refractivity contribution in [2.24, 2.45) is 10.9 Å². The van der Waals surface area contributed by atoms with E-state index in [0.717, 1.165) is 0 Å². The zero-order valence-corrected chi connectivity index (χ0v) is 7.38. The molecule has 0 atom stereocenters. The monoisotopic (exact) mass is 180 g/mol. The third-order valence-corrected chi connectivity index (χ3v) is 1.08. The Balaban J connectivity index is 0.000000310. The molecular weight excluding hydrogens is 168 g/mol. The lowest BCUT2D eigenvalue weighted by atomic mass is 10.3. The molecule has 1 rings (SSSR count). The van der Waals surface area contributed by atoms with Gasteiger partial charge in [0.1, 0.15) is 5.75 Å². The molecule has 0 aliphatic rings. The van der Waals surface area contributed by atoms with Gasteiger partial charge in [-0.1, -0.05) is 18.2 Å². The van der Waals surface area contributed by atoms with Crippen LogP contribution < -0.4 is 10.6 Å². The highest BCUT2D eigenvalue weighted by atomic mass is 16.5. The third-order valence-electron chi connectivity index (χ3n) is 1.08. The lowest BCUT2D eigenvalue weighted by Crippen LogP contribution is -1.85. The number of hydrogen-bond donors (Lipinski definition) is 1. The maximum atomic E-state index is 9.75. The van der Waals surface area contributed by atoms with Crippen molar-refractivity contribution in [2.75, 3.05) is 0 Å². The molecule has 0 fully saturated rings. The number of benzene rings is 1. The number of hydrazone groups is 1. The second-order valence-electron chi connectivity index (χ2n) is 1.93. The van der Waals surface area contributed by atoms with Crippen molar-refractivity contribution in [3.63, 3.8) is 0 Å². The van der Waals surface area contributed by atoms with Gasteiger partial charge in [-0.25, -0.2) is 0 Å². The molecule has 4 nitrogen and oxygen atoms in total. The average Bonchev–Trinajstić information content (AvgIpc) is 2.20. The summed E-state index contributed by atoms with van der Waals surface area (Å²) in [6, 6.07) is 8.90.